The number of rotatable bonds is 3. The number of nitrogens with zero attached hydrogens (tertiary/aromatic N) is 1. The molecule has 3 nitrogen and oxygen atoms in total. The molecule has 18 heavy (non-hydrogen) atoms. The Labute approximate surface area is 114 Å². The fourth-order valence-corrected chi connectivity index (χ4v) is 2.63. The van der Waals surface area contributed by atoms with Crippen LogP contribution in [0.1, 0.15) is 25.5 Å². The zero-order valence-corrected chi connectivity index (χ0v) is 11.8. The summed E-state index contributed by atoms with van der Waals surface area (Å²) in [5.41, 5.74) is 7.07. The average molecular weight is 269 g/mol. The standard InChI is InChI=1S/C14H21ClN2O/c1-14(2)10-17(7-8-18-14)13(9-16)11-3-5-12(15)6-4-11/h3-6,13H,7-10,16H2,1-2H3. The number of ether oxygens (including phenoxy) is 1. The van der Waals surface area contributed by atoms with Crippen molar-refractivity contribution in [2.45, 2.75) is 25.5 Å². The van der Waals surface area contributed by atoms with Crippen LogP contribution in [0.25, 0.3) is 0 Å². The smallest absolute Gasteiger partial charge is 0.0753 e. The van der Waals surface area contributed by atoms with Gasteiger partial charge in [0.25, 0.3) is 0 Å². The van der Waals surface area contributed by atoms with Gasteiger partial charge in [-0.3, -0.25) is 4.90 Å². The first-order valence-electron chi connectivity index (χ1n) is 6.35. The van der Waals surface area contributed by atoms with E-state index in [1.807, 2.05) is 12.1 Å². The number of nitrogens with two attached hydrogens (primary N) is 1. The number of morpholine rings is 1. The minimum atomic E-state index is -0.0991. The van der Waals surface area contributed by atoms with Crippen molar-refractivity contribution in [3.63, 3.8) is 0 Å². The van der Waals surface area contributed by atoms with Gasteiger partial charge < -0.3 is 10.5 Å². The van der Waals surface area contributed by atoms with E-state index in [0.717, 1.165) is 24.7 Å². The van der Waals surface area contributed by atoms with Crippen LogP contribution < -0.4 is 5.73 Å². The highest BCUT2D eigenvalue weighted by molar-refractivity contribution is 6.30. The summed E-state index contributed by atoms with van der Waals surface area (Å²) in [6.07, 6.45) is 0. The van der Waals surface area contributed by atoms with Crippen molar-refractivity contribution in [1.82, 2.24) is 4.90 Å². The Morgan fingerprint density at radius 1 is 1.39 bits per heavy atom. The van der Waals surface area contributed by atoms with Gasteiger partial charge in [-0.05, 0) is 31.5 Å². The van der Waals surface area contributed by atoms with Gasteiger partial charge in [0.15, 0.2) is 0 Å². The van der Waals surface area contributed by atoms with Crippen LogP contribution in [0, 0.1) is 0 Å². The summed E-state index contributed by atoms with van der Waals surface area (Å²) < 4.78 is 5.74. The third-order valence-electron chi connectivity index (χ3n) is 3.37. The third kappa shape index (κ3) is 3.23. The topological polar surface area (TPSA) is 38.5 Å². The van der Waals surface area contributed by atoms with Crippen LogP contribution >= 0.6 is 11.6 Å². The molecule has 1 aromatic carbocycles. The molecule has 0 bridgehead atoms. The van der Waals surface area contributed by atoms with Gasteiger partial charge in [-0.25, -0.2) is 0 Å². The van der Waals surface area contributed by atoms with E-state index >= 15 is 0 Å². The normalized spacial score (nSPS) is 21.8. The second kappa shape index (κ2) is 5.57. The first kappa shape index (κ1) is 13.8. The SMILES string of the molecule is CC1(C)CN(C(CN)c2ccc(Cl)cc2)CCO1. The highest BCUT2D eigenvalue weighted by atomic mass is 35.5. The summed E-state index contributed by atoms with van der Waals surface area (Å²) >= 11 is 5.93. The maximum atomic E-state index is 5.95. The van der Waals surface area contributed by atoms with E-state index in [9.17, 15) is 0 Å². The predicted octanol–water partition coefficient (Wildman–Crippen LogP) is 2.45. The van der Waals surface area contributed by atoms with Crippen LogP contribution in [0.4, 0.5) is 0 Å². The lowest BCUT2D eigenvalue weighted by atomic mass is 10.0. The minimum Gasteiger partial charge on any atom is -0.373 e. The van der Waals surface area contributed by atoms with E-state index in [1.54, 1.807) is 0 Å². The van der Waals surface area contributed by atoms with Crippen LogP contribution in [0.3, 0.4) is 0 Å². The Bertz CT molecular complexity index is 391. The third-order valence-corrected chi connectivity index (χ3v) is 3.63. The molecule has 2 rings (SSSR count). The molecule has 0 radical (unpaired) electrons. The zero-order valence-electron chi connectivity index (χ0n) is 11.0. The lowest BCUT2D eigenvalue weighted by Gasteiger charge is -2.42. The van der Waals surface area contributed by atoms with Crippen LogP contribution in [0.5, 0.6) is 0 Å². The van der Waals surface area contributed by atoms with Gasteiger partial charge in [-0.2, -0.15) is 0 Å². The summed E-state index contributed by atoms with van der Waals surface area (Å²) in [4.78, 5) is 2.40. The average Bonchev–Trinajstić information content (AvgIpc) is 2.31. The summed E-state index contributed by atoms with van der Waals surface area (Å²) in [5, 5.41) is 0.761. The molecule has 1 atom stereocenters. The predicted molar refractivity (Wildman–Crippen MR) is 74.9 cm³/mol. The monoisotopic (exact) mass is 268 g/mol. The molecule has 1 aromatic rings. The lowest BCUT2D eigenvalue weighted by Crippen LogP contribution is -2.50. The molecule has 2 N–H and O–H groups in total. The molecule has 1 saturated heterocycles. The van der Waals surface area contributed by atoms with Crippen LogP contribution in [0.15, 0.2) is 24.3 Å². The molecule has 0 aromatic heterocycles. The fourth-order valence-electron chi connectivity index (χ4n) is 2.50. The van der Waals surface area contributed by atoms with Gasteiger partial charge in [0.2, 0.25) is 0 Å². The van der Waals surface area contributed by atoms with Crippen molar-refractivity contribution in [3.05, 3.63) is 34.9 Å². The molecule has 0 amide bonds. The van der Waals surface area contributed by atoms with Crippen molar-refractivity contribution in [3.8, 4) is 0 Å². The minimum absolute atomic E-state index is 0.0991. The van der Waals surface area contributed by atoms with Crippen molar-refractivity contribution in [2.24, 2.45) is 5.73 Å². The molecular formula is C14H21ClN2O. The molecule has 0 saturated carbocycles. The Balaban J connectivity index is 2.15. The Morgan fingerprint density at radius 3 is 2.61 bits per heavy atom. The van der Waals surface area contributed by atoms with Gasteiger partial charge in [0, 0.05) is 30.7 Å². The summed E-state index contributed by atoms with van der Waals surface area (Å²) in [5.74, 6) is 0. The molecule has 1 fully saturated rings. The van der Waals surface area contributed by atoms with Crippen molar-refractivity contribution >= 4 is 11.6 Å². The molecule has 4 heteroatoms. The summed E-state index contributed by atoms with van der Waals surface area (Å²) in [6.45, 7) is 7.43. The van der Waals surface area contributed by atoms with Gasteiger partial charge in [0.1, 0.15) is 0 Å². The number of benzene rings is 1. The Kier molecular flexibility index (Phi) is 4.28. The Hall–Kier alpha value is -0.610. The first-order valence-corrected chi connectivity index (χ1v) is 6.73. The highest BCUT2D eigenvalue weighted by Gasteiger charge is 2.31. The quantitative estimate of drug-likeness (QED) is 0.915. The fraction of sp³-hybridized carbons (Fsp3) is 0.571. The van der Waals surface area contributed by atoms with Crippen molar-refractivity contribution < 1.29 is 4.74 Å². The van der Waals surface area contributed by atoms with E-state index < -0.39 is 0 Å². The van der Waals surface area contributed by atoms with Crippen LogP contribution in [-0.2, 0) is 4.74 Å². The molecule has 1 unspecified atom stereocenters. The van der Waals surface area contributed by atoms with E-state index in [-0.39, 0.29) is 11.6 Å². The van der Waals surface area contributed by atoms with Crippen molar-refractivity contribution in [1.29, 1.82) is 0 Å². The molecule has 1 aliphatic heterocycles. The zero-order chi connectivity index (χ0) is 13.2. The van der Waals surface area contributed by atoms with Gasteiger partial charge in [0.05, 0.1) is 12.2 Å². The number of hydrogen-bond donors (Lipinski definition) is 1. The van der Waals surface area contributed by atoms with E-state index in [0.29, 0.717) is 6.54 Å². The summed E-state index contributed by atoms with van der Waals surface area (Å²) in [7, 11) is 0. The number of halogens is 1. The van der Waals surface area contributed by atoms with Crippen molar-refractivity contribution in [2.75, 3.05) is 26.2 Å². The lowest BCUT2D eigenvalue weighted by molar-refractivity contribution is -0.0967. The van der Waals surface area contributed by atoms with E-state index in [1.165, 1.54) is 5.56 Å². The maximum absolute atomic E-state index is 5.95. The molecule has 1 aliphatic rings. The molecule has 100 valence electrons. The second-order valence-electron chi connectivity index (χ2n) is 5.38. The number of hydrogen-bond acceptors (Lipinski definition) is 3. The van der Waals surface area contributed by atoms with Gasteiger partial charge in [-0.15, -0.1) is 0 Å². The van der Waals surface area contributed by atoms with Gasteiger partial charge >= 0.3 is 0 Å². The van der Waals surface area contributed by atoms with Crippen LogP contribution in [-0.4, -0.2) is 36.7 Å². The van der Waals surface area contributed by atoms with E-state index in [4.69, 9.17) is 22.1 Å². The summed E-state index contributed by atoms with van der Waals surface area (Å²) in [6, 6.07) is 8.20. The van der Waals surface area contributed by atoms with Crippen LogP contribution in [0.2, 0.25) is 5.02 Å². The maximum Gasteiger partial charge on any atom is 0.0753 e. The first-order chi connectivity index (χ1) is 8.52. The highest BCUT2D eigenvalue weighted by Crippen LogP contribution is 2.26. The van der Waals surface area contributed by atoms with E-state index in [2.05, 4.69) is 30.9 Å². The second-order valence-corrected chi connectivity index (χ2v) is 5.82. The molecule has 1 heterocycles. The molecule has 0 aliphatic carbocycles. The Morgan fingerprint density at radius 2 is 2.06 bits per heavy atom. The molecular weight excluding hydrogens is 248 g/mol. The van der Waals surface area contributed by atoms with Gasteiger partial charge in [-0.1, -0.05) is 23.7 Å². The largest absolute Gasteiger partial charge is 0.373 e. The molecule has 0 spiro atoms.